The van der Waals surface area contributed by atoms with Crippen molar-refractivity contribution >= 4 is 6.08 Å². The standard InChI is InChI=1S/C25H34O3/c1-15-14-25(27-22(15,4)5)17(3)19-11-13-24(28-25)20-8-9-21(26-7)16(2)18(20)10-12-23(19,24)6/h8-10,12,15,17,19H,11,13-14H2,1-7H3/t15-,17?,19?,23+,24?,25?/m0/s1. The maximum Gasteiger partial charge on any atom is 0.173 e. The Hall–Kier alpha value is -1.32. The molecule has 1 spiro atoms. The molecule has 3 heteroatoms. The predicted molar refractivity (Wildman–Crippen MR) is 111 cm³/mol. The molecule has 0 radical (unpaired) electrons. The highest BCUT2D eigenvalue weighted by atomic mass is 16.7. The molecule has 4 unspecified atom stereocenters. The molecule has 2 aliphatic carbocycles. The normalized spacial score (nSPS) is 45.2. The first-order chi connectivity index (χ1) is 13.1. The number of rotatable bonds is 1. The second kappa shape index (κ2) is 5.43. The van der Waals surface area contributed by atoms with Crippen LogP contribution in [0.15, 0.2) is 18.2 Å². The van der Waals surface area contributed by atoms with E-state index in [9.17, 15) is 0 Å². The Morgan fingerprint density at radius 2 is 1.86 bits per heavy atom. The molecule has 4 aliphatic rings. The van der Waals surface area contributed by atoms with Crippen LogP contribution in [-0.2, 0) is 15.1 Å². The van der Waals surface area contributed by atoms with Crippen LogP contribution in [0.1, 0.15) is 70.6 Å². The number of methoxy groups -OCH3 is 1. The van der Waals surface area contributed by atoms with Gasteiger partial charge in [0.2, 0.25) is 0 Å². The number of ether oxygens (including phenoxy) is 3. The third-order valence-electron chi connectivity index (χ3n) is 9.02. The van der Waals surface area contributed by atoms with Crippen LogP contribution in [0.25, 0.3) is 6.08 Å². The molecule has 152 valence electrons. The van der Waals surface area contributed by atoms with Crippen molar-refractivity contribution in [2.75, 3.05) is 7.11 Å². The van der Waals surface area contributed by atoms with Gasteiger partial charge in [0.25, 0.3) is 0 Å². The number of benzene rings is 1. The lowest BCUT2D eigenvalue weighted by Crippen LogP contribution is -2.61. The second-order valence-corrected chi connectivity index (χ2v) is 10.5. The molecule has 1 aromatic rings. The van der Waals surface area contributed by atoms with Gasteiger partial charge in [0.05, 0.1) is 12.7 Å². The van der Waals surface area contributed by atoms with E-state index in [1.807, 2.05) is 0 Å². The van der Waals surface area contributed by atoms with Gasteiger partial charge in [-0.1, -0.05) is 39.0 Å². The summed E-state index contributed by atoms with van der Waals surface area (Å²) in [4.78, 5) is 0. The van der Waals surface area contributed by atoms with Crippen LogP contribution in [0, 0.1) is 30.1 Å². The average Bonchev–Trinajstić information content (AvgIpc) is 3.00. The third kappa shape index (κ3) is 1.98. The van der Waals surface area contributed by atoms with E-state index in [2.05, 4.69) is 65.8 Å². The number of fused-ring (bicyclic) bond motifs is 1. The molecule has 3 fully saturated rings. The smallest absolute Gasteiger partial charge is 0.173 e. The molecule has 28 heavy (non-hydrogen) atoms. The van der Waals surface area contributed by atoms with E-state index in [1.54, 1.807) is 7.11 Å². The number of hydrogen-bond acceptors (Lipinski definition) is 3. The first kappa shape index (κ1) is 18.7. The Kier molecular flexibility index (Phi) is 3.62. The SMILES string of the molecule is COc1ccc2c(c1C)C=C[C@]1(C)C3CCC21OC1(C[C@H](C)C(C)(C)O1)C3C. The minimum Gasteiger partial charge on any atom is -0.496 e. The van der Waals surface area contributed by atoms with Crippen LogP contribution >= 0.6 is 0 Å². The summed E-state index contributed by atoms with van der Waals surface area (Å²) in [6.07, 6.45) is 7.98. The van der Waals surface area contributed by atoms with E-state index in [1.165, 1.54) is 23.1 Å². The maximum atomic E-state index is 7.28. The molecule has 2 bridgehead atoms. The summed E-state index contributed by atoms with van der Waals surface area (Å²) in [7, 11) is 1.75. The fraction of sp³-hybridized carbons (Fsp3) is 0.680. The molecule has 0 aromatic heterocycles. The van der Waals surface area contributed by atoms with Gasteiger partial charge in [-0.05, 0) is 68.2 Å². The fourth-order valence-corrected chi connectivity index (χ4v) is 6.94. The van der Waals surface area contributed by atoms with E-state index >= 15 is 0 Å². The molecule has 2 saturated heterocycles. The maximum absolute atomic E-state index is 7.28. The lowest BCUT2D eigenvalue weighted by atomic mass is 9.58. The molecular formula is C25H34O3. The van der Waals surface area contributed by atoms with Gasteiger partial charge in [-0.15, -0.1) is 0 Å². The van der Waals surface area contributed by atoms with Gasteiger partial charge in [0.1, 0.15) is 11.4 Å². The summed E-state index contributed by atoms with van der Waals surface area (Å²) >= 11 is 0. The quantitative estimate of drug-likeness (QED) is 0.611. The fourth-order valence-electron chi connectivity index (χ4n) is 6.94. The van der Waals surface area contributed by atoms with Crippen molar-refractivity contribution in [2.24, 2.45) is 23.2 Å². The zero-order valence-electron chi connectivity index (χ0n) is 18.4. The summed E-state index contributed by atoms with van der Waals surface area (Å²) in [5.41, 5.74) is 3.34. The summed E-state index contributed by atoms with van der Waals surface area (Å²) in [6.45, 7) is 13.7. The minimum absolute atomic E-state index is 0.00499. The first-order valence-corrected chi connectivity index (χ1v) is 10.9. The molecule has 3 nitrogen and oxygen atoms in total. The van der Waals surface area contributed by atoms with Crippen molar-refractivity contribution < 1.29 is 14.2 Å². The molecule has 0 N–H and O–H groups in total. The van der Waals surface area contributed by atoms with Crippen molar-refractivity contribution in [3.63, 3.8) is 0 Å². The first-order valence-electron chi connectivity index (χ1n) is 10.9. The molecule has 1 saturated carbocycles. The predicted octanol–water partition coefficient (Wildman–Crippen LogP) is 5.84. The topological polar surface area (TPSA) is 27.7 Å². The summed E-state index contributed by atoms with van der Waals surface area (Å²) in [5.74, 6) is 1.88. The van der Waals surface area contributed by atoms with Gasteiger partial charge in [-0.25, -0.2) is 0 Å². The van der Waals surface area contributed by atoms with Gasteiger partial charge >= 0.3 is 0 Å². The van der Waals surface area contributed by atoms with Crippen molar-refractivity contribution in [3.8, 4) is 5.75 Å². The highest BCUT2D eigenvalue weighted by molar-refractivity contribution is 5.67. The van der Waals surface area contributed by atoms with Crippen LogP contribution < -0.4 is 4.74 Å². The highest BCUT2D eigenvalue weighted by Crippen LogP contribution is 2.71. The van der Waals surface area contributed by atoms with Gasteiger partial charge in [-0.3, -0.25) is 0 Å². The summed E-state index contributed by atoms with van der Waals surface area (Å²) in [6, 6.07) is 4.37. The molecular weight excluding hydrogens is 348 g/mol. The third-order valence-corrected chi connectivity index (χ3v) is 9.02. The molecule has 1 aromatic carbocycles. The Morgan fingerprint density at radius 1 is 1.11 bits per heavy atom. The second-order valence-electron chi connectivity index (χ2n) is 10.5. The Bertz CT molecular complexity index is 871. The molecule has 6 atom stereocenters. The zero-order valence-corrected chi connectivity index (χ0v) is 18.4. The van der Waals surface area contributed by atoms with Gasteiger partial charge in [0.15, 0.2) is 5.79 Å². The highest BCUT2D eigenvalue weighted by Gasteiger charge is 2.72. The van der Waals surface area contributed by atoms with Crippen LogP contribution in [0.3, 0.4) is 0 Å². The Balaban J connectivity index is 1.70. The van der Waals surface area contributed by atoms with Crippen molar-refractivity contribution in [1.29, 1.82) is 0 Å². The van der Waals surface area contributed by atoms with Crippen molar-refractivity contribution in [2.45, 2.75) is 77.8 Å². The molecule has 2 aliphatic heterocycles. The molecule has 0 amide bonds. The minimum atomic E-state index is -0.486. The van der Waals surface area contributed by atoms with E-state index in [4.69, 9.17) is 14.2 Å². The zero-order chi connectivity index (χ0) is 20.1. The summed E-state index contributed by atoms with van der Waals surface area (Å²) < 4.78 is 19.7. The van der Waals surface area contributed by atoms with Crippen LogP contribution in [-0.4, -0.2) is 18.5 Å². The van der Waals surface area contributed by atoms with Gasteiger partial charge in [-0.2, -0.15) is 0 Å². The monoisotopic (exact) mass is 382 g/mol. The summed E-state index contributed by atoms with van der Waals surface area (Å²) in [5, 5.41) is 0. The van der Waals surface area contributed by atoms with E-state index in [-0.39, 0.29) is 16.6 Å². The molecule has 2 heterocycles. The lowest BCUT2D eigenvalue weighted by Gasteiger charge is -2.59. The van der Waals surface area contributed by atoms with Crippen LogP contribution in [0.5, 0.6) is 5.75 Å². The van der Waals surface area contributed by atoms with E-state index in [0.717, 1.165) is 18.6 Å². The van der Waals surface area contributed by atoms with E-state index < -0.39 is 5.79 Å². The Morgan fingerprint density at radius 3 is 2.50 bits per heavy atom. The largest absolute Gasteiger partial charge is 0.496 e. The van der Waals surface area contributed by atoms with Crippen LogP contribution in [0.4, 0.5) is 0 Å². The molecule has 5 rings (SSSR count). The average molecular weight is 383 g/mol. The Labute approximate surface area is 169 Å². The van der Waals surface area contributed by atoms with Crippen molar-refractivity contribution in [1.82, 2.24) is 0 Å². The van der Waals surface area contributed by atoms with E-state index in [0.29, 0.717) is 17.8 Å². The lowest BCUT2D eigenvalue weighted by molar-refractivity contribution is -0.365. The van der Waals surface area contributed by atoms with Crippen LogP contribution in [0.2, 0.25) is 0 Å². The number of hydrogen-bond donors (Lipinski definition) is 0. The van der Waals surface area contributed by atoms with Gasteiger partial charge < -0.3 is 14.2 Å². The van der Waals surface area contributed by atoms with Crippen molar-refractivity contribution in [3.05, 3.63) is 34.9 Å². The van der Waals surface area contributed by atoms with Gasteiger partial charge in [0, 0.05) is 17.8 Å².